The summed E-state index contributed by atoms with van der Waals surface area (Å²) in [5.41, 5.74) is 1.32. The van der Waals surface area contributed by atoms with Crippen LogP contribution in [0.4, 0.5) is 0 Å². The average Bonchev–Trinajstić information content (AvgIpc) is 2.98. The number of hydrogen-bond donors (Lipinski definition) is 1. The Balaban J connectivity index is 2.03. The minimum Gasteiger partial charge on any atom is -0.497 e. The van der Waals surface area contributed by atoms with Gasteiger partial charge in [-0.25, -0.2) is 0 Å². The first kappa shape index (κ1) is 10.5. The first-order valence-corrected chi connectivity index (χ1v) is 5.45. The normalized spacial score (nSPS) is 19.7. The number of methoxy groups -OCH3 is 1. The van der Waals surface area contributed by atoms with Crippen LogP contribution >= 0.6 is 0 Å². The Morgan fingerprint density at radius 2 is 2.20 bits per heavy atom. The zero-order valence-corrected chi connectivity index (χ0v) is 9.36. The van der Waals surface area contributed by atoms with Gasteiger partial charge in [0.2, 0.25) is 0 Å². The Labute approximate surface area is 90.9 Å². The topological polar surface area (TPSA) is 29.5 Å². The molecule has 1 fully saturated rings. The molecule has 0 saturated heterocycles. The minimum atomic E-state index is -0.218. The maximum atomic E-state index is 10.0. The molecule has 1 aromatic carbocycles. The lowest BCUT2D eigenvalue weighted by Gasteiger charge is -2.17. The van der Waals surface area contributed by atoms with E-state index in [1.165, 1.54) is 0 Å². The molecule has 1 unspecified atom stereocenters. The van der Waals surface area contributed by atoms with E-state index in [0.717, 1.165) is 30.6 Å². The molecule has 1 aliphatic carbocycles. The molecule has 1 N–H and O–H groups in total. The Morgan fingerprint density at radius 1 is 1.47 bits per heavy atom. The summed E-state index contributed by atoms with van der Waals surface area (Å²) in [4.78, 5) is 0. The van der Waals surface area contributed by atoms with Gasteiger partial charge in [0.15, 0.2) is 0 Å². The summed E-state index contributed by atoms with van der Waals surface area (Å²) in [6.45, 7) is 2.15. The zero-order chi connectivity index (χ0) is 10.9. The molecule has 0 bridgehead atoms. The van der Waals surface area contributed by atoms with Gasteiger partial charge in [0.1, 0.15) is 5.75 Å². The van der Waals surface area contributed by atoms with Gasteiger partial charge in [0, 0.05) is 0 Å². The Hall–Kier alpha value is -1.02. The molecule has 1 aliphatic rings. The first-order valence-electron chi connectivity index (χ1n) is 5.45. The van der Waals surface area contributed by atoms with Gasteiger partial charge in [0.25, 0.3) is 0 Å². The predicted molar refractivity (Wildman–Crippen MR) is 60.0 cm³/mol. The molecule has 2 rings (SSSR count). The number of aliphatic hydroxyl groups excluding tert-OH is 1. The molecule has 1 atom stereocenters. The van der Waals surface area contributed by atoms with Gasteiger partial charge in [0.05, 0.1) is 13.2 Å². The summed E-state index contributed by atoms with van der Waals surface area (Å²) in [5.74, 6) is 0.862. The largest absolute Gasteiger partial charge is 0.497 e. The maximum absolute atomic E-state index is 10.0. The summed E-state index contributed by atoms with van der Waals surface area (Å²) in [6, 6.07) is 7.93. The summed E-state index contributed by atoms with van der Waals surface area (Å²) in [6.07, 6.45) is 2.81. The third-order valence-corrected chi connectivity index (χ3v) is 3.41. The van der Waals surface area contributed by atoms with Crippen LogP contribution in [0.25, 0.3) is 0 Å². The van der Waals surface area contributed by atoms with Crippen LogP contribution in [0.3, 0.4) is 0 Å². The van der Waals surface area contributed by atoms with E-state index in [-0.39, 0.29) is 11.5 Å². The summed E-state index contributed by atoms with van der Waals surface area (Å²) >= 11 is 0. The third kappa shape index (κ3) is 2.32. The number of hydrogen-bond acceptors (Lipinski definition) is 2. The first-order chi connectivity index (χ1) is 7.14. The lowest BCUT2D eigenvalue weighted by molar-refractivity contribution is 0.103. The standard InChI is InChI=1S/C13H18O2/c1-13(6-7-13)12(14)9-10-4-3-5-11(8-10)15-2/h3-5,8,12,14H,6-7,9H2,1-2H3. The highest BCUT2D eigenvalue weighted by molar-refractivity contribution is 5.29. The van der Waals surface area contributed by atoms with Crippen LogP contribution in [-0.4, -0.2) is 18.3 Å². The molecule has 0 radical (unpaired) electrons. The van der Waals surface area contributed by atoms with Gasteiger partial charge < -0.3 is 9.84 Å². The molecular weight excluding hydrogens is 188 g/mol. The van der Waals surface area contributed by atoms with E-state index in [4.69, 9.17) is 4.74 Å². The van der Waals surface area contributed by atoms with Crippen LogP contribution in [-0.2, 0) is 6.42 Å². The van der Waals surface area contributed by atoms with Gasteiger partial charge in [-0.1, -0.05) is 19.1 Å². The van der Waals surface area contributed by atoms with Crippen molar-refractivity contribution < 1.29 is 9.84 Å². The van der Waals surface area contributed by atoms with E-state index in [1.54, 1.807) is 7.11 Å². The lowest BCUT2D eigenvalue weighted by Crippen LogP contribution is -2.21. The molecule has 0 heterocycles. The second-order valence-electron chi connectivity index (χ2n) is 4.73. The van der Waals surface area contributed by atoms with Gasteiger partial charge in [-0.2, -0.15) is 0 Å². The number of ether oxygens (including phenoxy) is 1. The highest BCUT2D eigenvalue weighted by Gasteiger charge is 2.43. The number of rotatable bonds is 4. The summed E-state index contributed by atoms with van der Waals surface area (Å²) < 4.78 is 5.16. The quantitative estimate of drug-likeness (QED) is 0.819. The molecule has 0 aliphatic heterocycles. The monoisotopic (exact) mass is 206 g/mol. The van der Waals surface area contributed by atoms with Crippen LogP contribution in [0, 0.1) is 5.41 Å². The Kier molecular flexibility index (Phi) is 2.70. The van der Waals surface area contributed by atoms with Crippen LogP contribution in [0.1, 0.15) is 25.3 Å². The maximum Gasteiger partial charge on any atom is 0.119 e. The Morgan fingerprint density at radius 3 is 2.80 bits per heavy atom. The fourth-order valence-electron chi connectivity index (χ4n) is 1.80. The minimum absolute atomic E-state index is 0.170. The highest BCUT2D eigenvalue weighted by Crippen LogP contribution is 2.48. The van der Waals surface area contributed by atoms with Crippen LogP contribution < -0.4 is 4.74 Å². The van der Waals surface area contributed by atoms with E-state index in [1.807, 2.05) is 24.3 Å². The van der Waals surface area contributed by atoms with Crippen molar-refractivity contribution in [3.63, 3.8) is 0 Å². The fraction of sp³-hybridized carbons (Fsp3) is 0.538. The molecular formula is C13H18O2. The van der Waals surface area contributed by atoms with Crippen molar-refractivity contribution >= 4 is 0 Å². The van der Waals surface area contributed by atoms with Gasteiger partial charge in [-0.3, -0.25) is 0 Å². The molecule has 0 aromatic heterocycles. The van der Waals surface area contributed by atoms with Gasteiger partial charge in [-0.05, 0) is 42.4 Å². The molecule has 1 aromatic rings. The summed E-state index contributed by atoms with van der Waals surface area (Å²) in [7, 11) is 1.66. The predicted octanol–water partition coefficient (Wildman–Crippen LogP) is 2.40. The average molecular weight is 206 g/mol. The van der Waals surface area contributed by atoms with Crippen molar-refractivity contribution in [2.75, 3.05) is 7.11 Å². The molecule has 82 valence electrons. The molecule has 2 heteroatoms. The molecule has 15 heavy (non-hydrogen) atoms. The SMILES string of the molecule is COc1cccc(CC(O)C2(C)CC2)c1. The Bertz CT molecular complexity index is 342. The van der Waals surface area contributed by atoms with Crippen molar-refractivity contribution in [3.8, 4) is 5.75 Å². The second-order valence-corrected chi connectivity index (χ2v) is 4.73. The molecule has 1 saturated carbocycles. The number of benzene rings is 1. The van der Waals surface area contributed by atoms with E-state index >= 15 is 0 Å². The van der Waals surface area contributed by atoms with Crippen molar-refractivity contribution in [2.45, 2.75) is 32.3 Å². The van der Waals surface area contributed by atoms with Crippen LogP contribution in [0.2, 0.25) is 0 Å². The van der Waals surface area contributed by atoms with E-state index in [9.17, 15) is 5.11 Å². The molecule has 0 spiro atoms. The van der Waals surface area contributed by atoms with E-state index in [2.05, 4.69) is 6.92 Å². The lowest BCUT2D eigenvalue weighted by atomic mass is 9.95. The number of aliphatic hydroxyl groups is 1. The zero-order valence-electron chi connectivity index (χ0n) is 9.36. The van der Waals surface area contributed by atoms with Crippen LogP contribution in [0.5, 0.6) is 5.75 Å². The van der Waals surface area contributed by atoms with Gasteiger partial charge in [-0.15, -0.1) is 0 Å². The smallest absolute Gasteiger partial charge is 0.119 e. The van der Waals surface area contributed by atoms with E-state index < -0.39 is 0 Å². The fourth-order valence-corrected chi connectivity index (χ4v) is 1.80. The molecule has 0 amide bonds. The van der Waals surface area contributed by atoms with Crippen molar-refractivity contribution in [3.05, 3.63) is 29.8 Å². The second kappa shape index (κ2) is 3.86. The highest BCUT2D eigenvalue weighted by atomic mass is 16.5. The van der Waals surface area contributed by atoms with Crippen molar-refractivity contribution in [1.82, 2.24) is 0 Å². The van der Waals surface area contributed by atoms with Crippen LogP contribution in [0.15, 0.2) is 24.3 Å². The molecule has 2 nitrogen and oxygen atoms in total. The van der Waals surface area contributed by atoms with Crippen molar-refractivity contribution in [1.29, 1.82) is 0 Å². The van der Waals surface area contributed by atoms with E-state index in [0.29, 0.717) is 0 Å². The van der Waals surface area contributed by atoms with Crippen molar-refractivity contribution in [2.24, 2.45) is 5.41 Å². The third-order valence-electron chi connectivity index (χ3n) is 3.41. The van der Waals surface area contributed by atoms with Gasteiger partial charge >= 0.3 is 0 Å². The summed E-state index contributed by atoms with van der Waals surface area (Å²) in [5, 5.41) is 10.0.